The predicted octanol–water partition coefficient (Wildman–Crippen LogP) is 0.442. The molecule has 16 heavy (non-hydrogen) atoms. The third-order valence-corrected chi connectivity index (χ3v) is 2.71. The van der Waals surface area contributed by atoms with E-state index < -0.39 is 0 Å². The van der Waals surface area contributed by atoms with Gasteiger partial charge in [0.05, 0.1) is 24.7 Å². The first-order valence-corrected chi connectivity index (χ1v) is 5.54. The summed E-state index contributed by atoms with van der Waals surface area (Å²) in [6.07, 6.45) is 5.69. The van der Waals surface area contributed by atoms with E-state index >= 15 is 0 Å². The second kappa shape index (κ2) is 5.23. The lowest BCUT2D eigenvalue weighted by molar-refractivity contribution is 0.225. The van der Waals surface area contributed by atoms with Crippen LogP contribution in [0.5, 0.6) is 5.88 Å². The summed E-state index contributed by atoms with van der Waals surface area (Å²) >= 11 is 0. The van der Waals surface area contributed by atoms with Crippen molar-refractivity contribution in [2.45, 2.75) is 25.5 Å². The highest BCUT2D eigenvalue weighted by Gasteiger charge is 2.25. The zero-order valence-electron chi connectivity index (χ0n) is 9.46. The van der Waals surface area contributed by atoms with Crippen LogP contribution in [0.25, 0.3) is 0 Å². The van der Waals surface area contributed by atoms with Crippen molar-refractivity contribution in [1.82, 2.24) is 14.9 Å². The Kier molecular flexibility index (Phi) is 3.69. The number of aliphatic hydroxyl groups excluding tert-OH is 1. The number of aliphatic hydroxyl groups is 1. The van der Waals surface area contributed by atoms with Gasteiger partial charge in [0.2, 0.25) is 5.88 Å². The van der Waals surface area contributed by atoms with Gasteiger partial charge in [0, 0.05) is 12.6 Å². The van der Waals surface area contributed by atoms with Crippen LogP contribution in [0.3, 0.4) is 0 Å². The van der Waals surface area contributed by atoms with Gasteiger partial charge in [-0.25, -0.2) is 4.98 Å². The molecular formula is C11H17N3O2. The second-order valence-corrected chi connectivity index (χ2v) is 4.06. The maximum atomic E-state index is 8.80. The second-order valence-electron chi connectivity index (χ2n) is 4.06. The summed E-state index contributed by atoms with van der Waals surface area (Å²) in [5, 5.41) is 8.80. The van der Waals surface area contributed by atoms with Crippen LogP contribution in [0.15, 0.2) is 12.4 Å². The van der Waals surface area contributed by atoms with Gasteiger partial charge in [-0.3, -0.25) is 4.98 Å². The molecular weight excluding hydrogens is 206 g/mol. The van der Waals surface area contributed by atoms with Crippen LogP contribution in [0.2, 0.25) is 0 Å². The lowest BCUT2D eigenvalue weighted by Gasteiger charge is -2.15. The van der Waals surface area contributed by atoms with Crippen LogP contribution in [0.1, 0.15) is 18.5 Å². The Bertz CT molecular complexity index is 325. The lowest BCUT2D eigenvalue weighted by Crippen LogP contribution is -2.26. The molecule has 88 valence electrons. The Morgan fingerprint density at radius 1 is 1.44 bits per heavy atom. The molecule has 1 N–H and O–H groups in total. The first-order chi connectivity index (χ1) is 7.79. The molecule has 1 fully saturated rings. The Morgan fingerprint density at radius 3 is 2.81 bits per heavy atom. The van der Waals surface area contributed by atoms with Crippen LogP contribution < -0.4 is 4.74 Å². The highest BCUT2D eigenvalue weighted by Crippen LogP contribution is 2.24. The molecule has 1 aromatic rings. The van der Waals surface area contributed by atoms with Crippen molar-refractivity contribution in [1.29, 1.82) is 0 Å². The van der Waals surface area contributed by atoms with E-state index in [1.165, 1.54) is 19.0 Å². The van der Waals surface area contributed by atoms with Crippen LogP contribution in [0.4, 0.5) is 0 Å². The minimum atomic E-state index is -0.0856. The van der Waals surface area contributed by atoms with Gasteiger partial charge < -0.3 is 14.7 Å². The Labute approximate surface area is 95.1 Å². The maximum Gasteiger partial charge on any atom is 0.232 e. The Hall–Kier alpha value is -1.20. The molecule has 0 unspecified atom stereocenters. The van der Waals surface area contributed by atoms with Crippen LogP contribution in [-0.4, -0.2) is 46.2 Å². The highest BCUT2D eigenvalue weighted by atomic mass is 16.5. The normalized spacial score (nSPS) is 15.4. The average molecular weight is 223 g/mol. The fourth-order valence-corrected chi connectivity index (χ4v) is 1.49. The van der Waals surface area contributed by atoms with E-state index in [-0.39, 0.29) is 6.61 Å². The third-order valence-electron chi connectivity index (χ3n) is 2.71. The molecule has 1 saturated carbocycles. The van der Waals surface area contributed by atoms with Crippen molar-refractivity contribution < 1.29 is 9.84 Å². The van der Waals surface area contributed by atoms with E-state index in [0.29, 0.717) is 18.2 Å². The number of rotatable bonds is 6. The van der Waals surface area contributed by atoms with Crippen molar-refractivity contribution in [3.05, 3.63) is 18.1 Å². The zero-order valence-corrected chi connectivity index (χ0v) is 9.46. The molecule has 0 atom stereocenters. The van der Waals surface area contributed by atoms with Gasteiger partial charge in [-0.1, -0.05) is 0 Å². The molecule has 0 aromatic carbocycles. The van der Waals surface area contributed by atoms with E-state index in [2.05, 4.69) is 21.9 Å². The van der Waals surface area contributed by atoms with E-state index in [9.17, 15) is 0 Å². The molecule has 2 rings (SSSR count). The average Bonchev–Trinajstić information content (AvgIpc) is 3.14. The van der Waals surface area contributed by atoms with Crippen molar-refractivity contribution in [3.63, 3.8) is 0 Å². The SMILES string of the molecule is CN(CCOc1cnc(CO)cn1)C1CC1. The fourth-order valence-electron chi connectivity index (χ4n) is 1.49. The van der Waals surface area contributed by atoms with Gasteiger partial charge >= 0.3 is 0 Å². The van der Waals surface area contributed by atoms with Crippen LogP contribution in [-0.2, 0) is 6.61 Å². The van der Waals surface area contributed by atoms with E-state index in [1.54, 1.807) is 6.20 Å². The topological polar surface area (TPSA) is 58.5 Å². The predicted molar refractivity (Wildman–Crippen MR) is 59.1 cm³/mol. The van der Waals surface area contributed by atoms with Crippen LogP contribution >= 0.6 is 0 Å². The monoisotopic (exact) mass is 223 g/mol. The Morgan fingerprint density at radius 2 is 2.25 bits per heavy atom. The van der Waals surface area contributed by atoms with E-state index in [0.717, 1.165) is 12.6 Å². The summed E-state index contributed by atoms with van der Waals surface area (Å²) in [5.41, 5.74) is 0.558. The molecule has 1 heterocycles. The summed E-state index contributed by atoms with van der Waals surface area (Å²) in [6.45, 7) is 1.45. The number of ether oxygens (including phenoxy) is 1. The number of nitrogens with zero attached hydrogens (tertiary/aromatic N) is 3. The number of hydrogen-bond acceptors (Lipinski definition) is 5. The highest BCUT2D eigenvalue weighted by molar-refractivity contribution is 5.06. The maximum absolute atomic E-state index is 8.80. The van der Waals surface area contributed by atoms with Crippen molar-refractivity contribution in [2.24, 2.45) is 0 Å². The third kappa shape index (κ3) is 3.15. The van der Waals surface area contributed by atoms with Gasteiger partial charge in [-0.2, -0.15) is 0 Å². The van der Waals surface area contributed by atoms with Crippen LogP contribution in [0, 0.1) is 0 Å². The van der Waals surface area contributed by atoms with Crippen molar-refractivity contribution >= 4 is 0 Å². The quantitative estimate of drug-likeness (QED) is 0.758. The van der Waals surface area contributed by atoms with Gasteiger partial charge in [0.15, 0.2) is 0 Å². The molecule has 1 aliphatic rings. The molecule has 0 saturated heterocycles. The van der Waals surface area contributed by atoms with E-state index in [1.807, 2.05) is 0 Å². The summed E-state index contributed by atoms with van der Waals surface area (Å²) in [4.78, 5) is 10.3. The molecule has 0 bridgehead atoms. The molecule has 0 aliphatic heterocycles. The lowest BCUT2D eigenvalue weighted by atomic mass is 10.5. The number of hydrogen-bond donors (Lipinski definition) is 1. The molecule has 1 aliphatic carbocycles. The molecule has 0 spiro atoms. The molecule has 0 radical (unpaired) electrons. The fraction of sp³-hybridized carbons (Fsp3) is 0.636. The van der Waals surface area contributed by atoms with Crippen molar-refractivity contribution in [3.8, 4) is 5.88 Å². The summed E-state index contributed by atoms with van der Waals surface area (Å²) in [5.74, 6) is 0.515. The van der Waals surface area contributed by atoms with Crippen molar-refractivity contribution in [2.75, 3.05) is 20.2 Å². The molecule has 5 heteroatoms. The minimum Gasteiger partial charge on any atom is -0.475 e. The van der Waals surface area contributed by atoms with Gasteiger partial charge in [0.25, 0.3) is 0 Å². The Balaban J connectivity index is 1.71. The number of aromatic nitrogens is 2. The largest absolute Gasteiger partial charge is 0.475 e. The first-order valence-electron chi connectivity index (χ1n) is 5.54. The molecule has 1 aromatic heterocycles. The molecule has 0 amide bonds. The molecule has 5 nitrogen and oxygen atoms in total. The van der Waals surface area contributed by atoms with Gasteiger partial charge in [-0.05, 0) is 19.9 Å². The van der Waals surface area contributed by atoms with E-state index in [4.69, 9.17) is 9.84 Å². The minimum absolute atomic E-state index is 0.0856. The zero-order chi connectivity index (χ0) is 11.4. The smallest absolute Gasteiger partial charge is 0.232 e. The van der Waals surface area contributed by atoms with Gasteiger partial charge in [0.1, 0.15) is 6.61 Å². The number of likely N-dealkylation sites (N-methyl/N-ethyl adjacent to an activating group) is 1. The standard InChI is InChI=1S/C11H17N3O2/c1-14(10-2-3-10)4-5-16-11-7-12-9(8-15)6-13-11/h6-7,10,15H,2-5,8H2,1H3. The first kappa shape index (κ1) is 11.3. The summed E-state index contributed by atoms with van der Waals surface area (Å²) in [6, 6.07) is 0.756. The summed E-state index contributed by atoms with van der Waals surface area (Å²) in [7, 11) is 2.11. The summed E-state index contributed by atoms with van der Waals surface area (Å²) < 4.78 is 5.46. The van der Waals surface area contributed by atoms with Gasteiger partial charge in [-0.15, -0.1) is 0 Å².